The first-order chi connectivity index (χ1) is 10.7. The number of fused-ring (bicyclic) bond motifs is 1. The molecule has 1 aliphatic heterocycles. The molecule has 112 valence electrons. The maximum Gasteiger partial charge on any atom is 0.230 e. The molecule has 0 unspecified atom stereocenters. The van der Waals surface area contributed by atoms with Gasteiger partial charge < -0.3 is 14.8 Å². The lowest BCUT2D eigenvalue weighted by Gasteiger charge is -2.11. The summed E-state index contributed by atoms with van der Waals surface area (Å²) in [4.78, 5) is 16.8. The number of methoxy groups -OCH3 is 2. The van der Waals surface area contributed by atoms with E-state index in [0.717, 1.165) is 11.3 Å². The summed E-state index contributed by atoms with van der Waals surface area (Å²) in [6, 6.07) is 13.2. The third-order valence-electron chi connectivity index (χ3n) is 3.47. The second-order valence-corrected chi connectivity index (χ2v) is 4.87. The second kappa shape index (κ2) is 5.89. The molecule has 2 aromatic rings. The van der Waals surface area contributed by atoms with Crippen LogP contribution in [0.1, 0.15) is 12.0 Å². The molecule has 0 atom stereocenters. The molecular formula is C17H16N2O3. The minimum absolute atomic E-state index is 0.103. The van der Waals surface area contributed by atoms with Gasteiger partial charge in [-0.3, -0.25) is 4.79 Å². The summed E-state index contributed by atoms with van der Waals surface area (Å²) >= 11 is 0. The summed E-state index contributed by atoms with van der Waals surface area (Å²) in [6.45, 7) is 0. The first kappa shape index (κ1) is 14.1. The molecule has 1 amide bonds. The lowest BCUT2D eigenvalue weighted by atomic mass is 10.1. The average Bonchev–Trinajstić information content (AvgIpc) is 2.71. The molecule has 1 aliphatic rings. The van der Waals surface area contributed by atoms with Crippen molar-refractivity contribution in [3.63, 3.8) is 0 Å². The number of carbonyl (C=O) groups excluding carboxylic acids is 1. The number of rotatable bonds is 3. The minimum atomic E-state index is -0.103. The van der Waals surface area contributed by atoms with Gasteiger partial charge in [-0.05, 0) is 5.56 Å². The molecule has 5 heteroatoms. The van der Waals surface area contributed by atoms with Crippen molar-refractivity contribution in [2.24, 2.45) is 4.99 Å². The van der Waals surface area contributed by atoms with Gasteiger partial charge in [-0.25, -0.2) is 4.99 Å². The molecule has 0 aliphatic carbocycles. The fourth-order valence-corrected chi connectivity index (χ4v) is 2.39. The molecule has 1 heterocycles. The molecule has 3 rings (SSSR count). The van der Waals surface area contributed by atoms with E-state index in [-0.39, 0.29) is 12.3 Å². The van der Waals surface area contributed by atoms with Crippen molar-refractivity contribution in [2.75, 3.05) is 19.5 Å². The number of anilines is 1. The summed E-state index contributed by atoms with van der Waals surface area (Å²) in [5, 5.41) is 2.86. The van der Waals surface area contributed by atoms with Gasteiger partial charge in [-0.1, -0.05) is 30.3 Å². The molecule has 5 nitrogen and oxygen atoms in total. The predicted molar refractivity (Wildman–Crippen MR) is 85.4 cm³/mol. The van der Waals surface area contributed by atoms with E-state index in [1.165, 1.54) is 0 Å². The fraction of sp³-hybridized carbons (Fsp3) is 0.176. The Morgan fingerprint density at radius 2 is 1.73 bits per heavy atom. The Hall–Kier alpha value is -2.82. The van der Waals surface area contributed by atoms with Crippen molar-refractivity contribution < 1.29 is 14.3 Å². The number of ether oxygens (including phenoxy) is 2. The van der Waals surface area contributed by atoms with E-state index in [4.69, 9.17) is 9.47 Å². The van der Waals surface area contributed by atoms with Gasteiger partial charge in [0, 0.05) is 12.1 Å². The van der Waals surface area contributed by atoms with Crippen LogP contribution in [0.4, 0.5) is 11.4 Å². The Labute approximate surface area is 128 Å². The predicted octanol–water partition coefficient (Wildman–Crippen LogP) is 3.17. The van der Waals surface area contributed by atoms with E-state index in [1.807, 2.05) is 30.3 Å². The van der Waals surface area contributed by atoms with Crippen molar-refractivity contribution in [1.82, 2.24) is 0 Å². The molecule has 0 aromatic heterocycles. The van der Waals surface area contributed by atoms with Crippen molar-refractivity contribution in [2.45, 2.75) is 6.42 Å². The number of aliphatic imine (C=N–C) groups is 1. The maximum absolute atomic E-state index is 12.1. The number of carbonyl (C=O) groups is 1. The highest BCUT2D eigenvalue weighted by molar-refractivity contribution is 6.17. The van der Waals surface area contributed by atoms with E-state index in [0.29, 0.717) is 22.9 Å². The van der Waals surface area contributed by atoms with Crippen LogP contribution in [0.25, 0.3) is 0 Å². The normalized spacial score (nSPS) is 13.5. The third-order valence-corrected chi connectivity index (χ3v) is 3.47. The van der Waals surface area contributed by atoms with Crippen LogP contribution in [0, 0.1) is 0 Å². The molecule has 0 saturated carbocycles. The van der Waals surface area contributed by atoms with Gasteiger partial charge in [-0.15, -0.1) is 0 Å². The van der Waals surface area contributed by atoms with Crippen LogP contribution in [-0.4, -0.2) is 25.8 Å². The Kier molecular flexibility index (Phi) is 3.78. The molecule has 2 aromatic carbocycles. The highest BCUT2D eigenvalue weighted by Crippen LogP contribution is 2.39. The Morgan fingerprint density at radius 1 is 1.05 bits per heavy atom. The van der Waals surface area contributed by atoms with E-state index in [9.17, 15) is 4.79 Å². The average molecular weight is 296 g/mol. The van der Waals surface area contributed by atoms with Gasteiger partial charge in [0.25, 0.3) is 0 Å². The number of nitrogens with zero attached hydrogens (tertiary/aromatic N) is 1. The zero-order valence-corrected chi connectivity index (χ0v) is 12.4. The molecule has 0 spiro atoms. The molecule has 0 radical (unpaired) electrons. The van der Waals surface area contributed by atoms with E-state index >= 15 is 0 Å². The quantitative estimate of drug-likeness (QED) is 0.946. The van der Waals surface area contributed by atoms with Crippen LogP contribution >= 0.6 is 0 Å². The highest BCUT2D eigenvalue weighted by atomic mass is 16.5. The molecule has 22 heavy (non-hydrogen) atoms. The number of hydrogen-bond acceptors (Lipinski definition) is 4. The maximum atomic E-state index is 12.1. The monoisotopic (exact) mass is 296 g/mol. The van der Waals surface area contributed by atoms with Crippen molar-refractivity contribution in [1.29, 1.82) is 0 Å². The van der Waals surface area contributed by atoms with Crippen LogP contribution in [0.2, 0.25) is 0 Å². The molecule has 1 N–H and O–H groups in total. The smallest absolute Gasteiger partial charge is 0.230 e. The number of amides is 1. The zero-order valence-electron chi connectivity index (χ0n) is 12.4. The number of hydrogen-bond donors (Lipinski definition) is 1. The molecular weight excluding hydrogens is 280 g/mol. The minimum Gasteiger partial charge on any atom is -0.493 e. The topological polar surface area (TPSA) is 59.9 Å². The summed E-state index contributed by atoms with van der Waals surface area (Å²) < 4.78 is 10.6. The number of benzene rings is 2. The summed E-state index contributed by atoms with van der Waals surface area (Å²) in [5.41, 5.74) is 2.93. The third kappa shape index (κ3) is 2.65. The second-order valence-electron chi connectivity index (χ2n) is 4.87. The van der Waals surface area contributed by atoms with Crippen molar-refractivity contribution >= 4 is 23.0 Å². The van der Waals surface area contributed by atoms with Gasteiger partial charge in [0.2, 0.25) is 5.91 Å². The Bertz CT molecular complexity index is 739. The van der Waals surface area contributed by atoms with E-state index < -0.39 is 0 Å². The van der Waals surface area contributed by atoms with Gasteiger partial charge in [0.05, 0.1) is 37.7 Å². The first-order valence-corrected chi connectivity index (χ1v) is 6.90. The van der Waals surface area contributed by atoms with Crippen LogP contribution in [0.15, 0.2) is 47.5 Å². The van der Waals surface area contributed by atoms with Crippen LogP contribution in [0.3, 0.4) is 0 Å². The van der Waals surface area contributed by atoms with Crippen LogP contribution < -0.4 is 14.8 Å². The van der Waals surface area contributed by atoms with Gasteiger partial charge >= 0.3 is 0 Å². The van der Waals surface area contributed by atoms with E-state index in [2.05, 4.69) is 10.3 Å². The fourth-order valence-electron chi connectivity index (χ4n) is 2.39. The van der Waals surface area contributed by atoms with Crippen molar-refractivity contribution in [3.8, 4) is 11.5 Å². The Morgan fingerprint density at radius 3 is 2.41 bits per heavy atom. The largest absolute Gasteiger partial charge is 0.493 e. The molecule has 0 bridgehead atoms. The summed E-state index contributed by atoms with van der Waals surface area (Å²) in [5.74, 6) is 1.03. The van der Waals surface area contributed by atoms with Crippen LogP contribution in [-0.2, 0) is 4.79 Å². The van der Waals surface area contributed by atoms with E-state index in [1.54, 1.807) is 26.4 Å². The number of nitrogens with one attached hydrogen (secondary N) is 1. The lowest BCUT2D eigenvalue weighted by molar-refractivity contribution is -0.115. The molecule has 0 saturated heterocycles. The van der Waals surface area contributed by atoms with Gasteiger partial charge in [-0.2, -0.15) is 0 Å². The first-order valence-electron chi connectivity index (χ1n) is 6.90. The standard InChI is InChI=1S/C17H16N2O3/c1-21-15-8-13-14(9-16(15)22-2)19-17(20)10-12(18-13)11-6-4-3-5-7-11/h3-9H,10H2,1-2H3,(H,19,20). The van der Waals surface area contributed by atoms with Crippen LogP contribution in [0.5, 0.6) is 11.5 Å². The summed E-state index contributed by atoms with van der Waals surface area (Å²) in [6.07, 6.45) is 0.226. The van der Waals surface area contributed by atoms with Gasteiger partial charge in [0.1, 0.15) is 0 Å². The lowest BCUT2D eigenvalue weighted by Crippen LogP contribution is -2.14. The zero-order chi connectivity index (χ0) is 15.5. The highest BCUT2D eigenvalue weighted by Gasteiger charge is 2.19. The Balaban J connectivity index is 2.13. The van der Waals surface area contributed by atoms with Crippen molar-refractivity contribution in [3.05, 3.63) is 48.0 Å². The summed E-state index contributed by atoms with van der Waals surface area (Å²) in [7, 11) is 3.13. The SMILES string of the molecule is COc1cc2c(cc1OC)NC(=O)CC(c1ccccc1)=N2. The molecule has 0 fully saturated rings. The van der Waals surface area contributed by atoms with Gasteiger partial charge in [0.15, 0.2) is 11.5 Å².